The van der Waals surface area contributed by atoms with Crippen LogP contribution < -0.4 is 0 Å². The highest BCUT2D eigenvalue weighted by atomic mass is 15.1. The molecule has 0 saturated heterocycles. The highest BCUT2D eigenvalue weighted by Crippen LogP contribution is 2.53. The molecule has 0 aliphatic heterocycles. The number of rotatable bonds is 2. The van der Waals surface area contributed by atoms with Crippen LogP contribution in [0.15, 0.2) is 152 Å². The minimum Gasteiger partial charge on any atom is -0.292 e. The van der Waals surface area contributed by atoms with Crippen molar-refractivity contribution in [2.24, 2.45) is 0 Å². The monoisotopic (exact) mass is 637 g/mol. The van der Waals surface area contributed by atoms with Crippen molar-refractivity contribution in [3.05, 3.63) is 163 Å². The number of hydrogen-bond acceptors (Lipinski definition) is 2. The Balaban J connectivity index is 1.33. The fourth-order valence-electron chi connectivity index (χ4n) is 8.76. The van der Waals surface area contributed by atoms with Crippen molar-refractivity contribution in [2.45, 2.75) is 19.3 Å². The van der Waals surface area contributed by atoms with E-state index in [9.17, 15) is 0 Å². The van der Waals surface area contributed by atoms with Gasteiger partial charge in [-0.2, -0.15) is 0 Å². The molecule has 50 heavy (non-hydrogen) atoms. The van der Waals surface area contributed by atoms with Crippen LogP contribution in [0.2, 0.25) is 0 Å². The van der Waals surface area contributed by atoms with Gasteiger partial charge >= 0.3 is 0 Å². The third-order valence-electron chi connectivity index (χ3n) is 11.1. The maximum absolute atomic E-state index is 5.57. The molecule has 0 spiro atoms. The lowest BCUT2D eigenvalue weighted by molar-refractivity contribution is 0.666. The number of aromatic nitrogens is 3. The molecule has 2 aromatic heterocycles. The van der Waals surface area contributed by atoms with Crippen molar-refractivity contribution in [3.8, 4) is 28.2 Å². The highest BCUT2D eigenvalue weighted by molar-refractivity contribution is 6.18. The standard InChI is InChI=1S/C47H31N3/c1-47(2)38-18-10-9-17-35(38)36-22-24-40-42(43(36)47)37-26-31-14-5-6-15-32(31)27-41(37)50(40)46-44(33-20-19-28-11-3-4-13-30(28)25-33)49-45-34-16-8-7-12-29(34)21-23-39(45)48-46/h3-27H,1-2H3. The van der Waals surface area contributed by atoms with E-state index in [1.54, 1.807) is 0 Å². The zero-order valence-corrected chi connectivity index (χ0v) is 27.8. The van der Waals surface area contributed by atoms with Gasteiger partial charge in [-0.05, 0) is 79.5 Å². The summed E-state index contributed by atoms with van der Waals surface area (Å²) in [6.45, 7) is 4.76. The van der Waals surface area contributed by atoms with E-state index in [1.807, 2.05) is 0 Å². The summed E-state index contributed by atoms with van der Waals surface area (Å²) < 4.78 is 2.39. The predicted molar refractivity (Wildman–Crippen MR) is 209 cm³/mol. The van der Waals surface area contributed by atoms with Crippen molar-refractivity contribution in [1.29, 1.82) is 0 Å². The number of benzene rings is 8. The summed E-state index contributed by atoms with van der Waals surface area (Å²) in [5, 5.41) is 9.62. The van der Waals surface area contributed by atoms with Crippen LogP contribution in [-0.2, 0) is 5.41 Å². The van der Waals surface area contributed by atoms with Crippen LogP contribution in [0.25, 0.3) is 93.4 Å². The molecule has 0 amide bonds. The van der Waals surface area contributed by atoms with Crippen molar-refractivity contribution in [3.63, 3.8) is 0 Å². The van der Waals surface area contributed by atoms with Crippen LogP contribution in [0.4, 0.5) is 0 Å². The lowest BCUT2D eigenvalue weighted by atomic mass is 9.80. The van der Waals surface area contributed by atoms with Crippen LogP contribution in [0.1, 0.15) is 25.0 Å². The normalized spacial score (nSPS) is 13.6. The Labute approximate surface area is 289 Å². The lowest BCUT2D eigenvalue weighted by Crippen LogP contribution is -2.15. The van der Waals surface area contributed by atoms with Gasteiger partial charge in [0.25, 0.3) is 0 Å². The minimum atomic E-state index is -0.175. The Hall–Kier alpha value is -6.32. The van der Waals surface area contributed by atoms with E-state index in [1.165, 1.54) is 54.6 Å². The number of fused-ring (bicyclic) bond motifs is 12. The summed E-state index contributed by atoms with van der Waals surface area (Å²) in [5.41, 5.74) is 11.2. The topological polar surface area (TPSA) is 30.7 Å². The molecule has 2 heterocycles. The minimum absolute atomic E-state index is 0.175. The zero-order valence-electron chi connectivity index (χ0n) is 27.8. The molecule has 0 atom stereocenters. The van der Waals surface area contributed by atoms with Crippen molar-refractivity contribution >= 4 is 65.2 Å². The lowest BCUT2D eigenvalue weighted by Gasteiger charge is -2.22. The average molecular weight is 638 g/mol. The summed E-state index contributed by atoms with van der Waals surface area (Å²) in [6.07, 6.45) is 0. The first-order chi connectivity index (χ1) is 24.5. The van der Waals surface area contributed by atoms with Gasteiger partial charge in [-0.25, -0.2) is 9.97 Å². The molecular weight excluding hydrogens is 607 g/mol. The van der Waals surface area contributed by atoms with Gasteiger partial charge in [0.15, 0.2) is 5.82 Å². The SMILES string of the molecule is CC1(C)c2ccccc2-c2ccc3c(c21)c1cc2ccccc2cc1n3-c1nc2ccc3ccccc3c2nc1-c1ccc2ccccc2c1. The largest absolute Gasteiger partial charge is 0.292 e. The number of nitrogens with zero attached hydrogens (tertiary/aromatic N) is 3. The molecule has 3 nitrogen and oxygen atoms in total. The van der Waals surface area contributed by atoms with Crippen LogP contribution >= 0.6 is 0 Å². The van der Waals surface area contributed by atoms with Crippen LogP contribution in [-0.4, -0.2) is 14.5 Å². The van der Waals surface area contributed by atoms with Gasteiger partial charge in [0.1, 0.15) is 5.69 Å². The second kappa shape index (κ2) is 9.87. The van der Waals surface area contributed by atoms with Gasteiger partial charge in [-0.1, -0.05) is 135 Å². The van der Waals surface area contributed by atoms with Crippen LogP contribution in [0.5, 0.6) is 0 Å². The predicted octanol–water partition coefficient (Wildman–Crippen LogP) is 12.2. The summed E-state index contributed by atoms with van der Waals surface area (Å²) in [6, 6.07) is 55.0. The van der Waals surface area contributed by atoms with Gasteiger partial charge in [0.2, 0.25) is 0 Å². The second-order valence-electron chi connectivity index (χ2n) is 14.2. The average Bonchev–Trinajstić information content (AvgIpc) is 3.60. The Morgan fingerprint density at radius 2 is 1.18 bits per heavy atom. The summed E-state index contributed by atoms with van der Waals surface area (Å²) >= 11 is 0. The Morgan fingerprint density at radius 1 is 0.500 bits per heavy atom. The maximum Gasteiger partial charge on any atom is 0.165 e. The van der Waals surface area contributed by atoms with E-state index in [0.29, 0.717) is 0 Å². The Kier molecular flexibility index (Phi) is 5.45. The molecule has 0 N–H and O–H groups in total. The maximum atomic E-state index is 5.57. The quantitative estimate of drug-likeness (QED) is 0.177. The first kappa shape index (κ1) is 27.6. The third kappa shape index (κ3) is 3.69. The zero-order chi connectivity index (χ0) is 33.1. The molecule has 8 aromatic carbocycles. The summed E-state index contributed by atoms with van der Waals surface area (Å²) in [7, 11) is 0. The smallest absolute Gasteiger partial charge is 0.165 e. The Morgan fingerprint density at radius 3 is 2.02 bits per heavy atom. The highest BCUT2D eigenvalue weighted by Gasteiger charge is 2.38. The van der Waals surface area contributed by atoms with Crippen molar-refractivity contribution in [1.82, 2.24) is 14.5 Å². The molecule has 11 rings (SSSR count). The van der Waals surface area contributed by atoms with E-state index < -0.39 is 0 Å². The molecule has 0 fully saturated rings. The van der Waals surface area contributed by atoms with Gasteiger partial charge in [0.05, 0.1) is 22.1 Å². The van der Waals surface area contributed by atoms with Gasteiger partial charge in [0, 0.05) is 27.1 Å². The van der Waals surface area contributed by atoms with Gasteiger partial charge in [-0.15, -0.1) is 0 Å². The first-order valence-corrected chi connectivity index (χ1v) is 17.3. The first-order valence-electron chi connectivity index (χ1n) is 17.3. The summed E-state index contributed by atoms with van der Waals surface area (Å²) in [4.78, 5) is 11.1. The van der Waals surface area contributed by atoms with E-state index in [4.69, 9.17) is 9.97 Å². The Bertz CT molecular complexity index is 3070. The van der Waals surface area contributed by atoms with Crippen molar-refractivity contribution < 1.29 is 0 Å². The molecule has 234 valence electrons. The van der Waals surface area contributed by atoms with E-state index in [2.05, 4.69) is 170 Å². The fourth-order valence-corrected chi connectivity index (χ4v) is 8.76. The molecule has 3 heteroatoms. The molecule has 0 saturated carbocycles. The summed E-state index contributed by atoms with van der Waals surface area (Å²) in [5.74, 6) is 0.839. The van der Waals surface area contributed by atoms with Gasteiger partial charge < -0.3 is 0 Å². The molecule has 1 aliphatic carbocycles. The third-order valence-corrected chi connectivity index (χ3v) is 11.1. The van der Waals surface area contributed by atoms with Crippen LogP contribution in [0.3, 0.4) is 0 Å². The molecule has 0 bridgehead atoms. The van der Waals surface area contributed by atoms with E-state index in [0.717, 1.165) is 49.9 Å². The molecule has 0 unspecified atom stereocenters. The number of hydrogen-bond donors (Lipinski definition) is 0. The van der Waals surface area contributed by atoms with E-state index in [-0.39, 0.29) is 5.41 Å². The van der Waals surface area contributed by atoms with E-state index >= 15 is 0 Å². The second-order valence-corrected chi connectivity index (χ2v) is 14.2. The van der Waals surface area contributed by atoms with Crippen molar-refractivity contribution in [2.75, 3.05) is 0 Å². The van der Waals surface area contributed by atoms with Crippen LogP contribution in [0, 0.1) is 0 Å². The fraction of sp³-hybridized carbons (Fsp3) is 0.0638. The molecular formula is C47H31N3. The molecule has 1 aliphatic rings. The molecule has 10 aromatic rings. The van der Waals surface area contributed by atoms with Gasteiger partial charge in [-0.3, -0.25) is 4.57 Å². The molecule has 0 radical (unpaired) electrons.